The number of nitriles is 1. The molecule has 1 aromatic rings. The van der Waals surface area contributed by atoms with Crippen LogP contribution in [0.4, 0.5) is 4.39 Å². The zero-order chi connectivity index (χ0) is 14.4. The average Bonchev–Trinajstić information content (AvgIpc) is 2.85. The molecule has 1 aliphatic carbocycles. The molecule has 108 valence electrons. The maximum absolute atomic E-state index is 13.4. The van der Waals surface area contributed by atoms with E-state index in [0.29, 0.717) is 6.61 Å². The first-order valence-electron chi connectivity index (χ1n) is 7.25. The summed E-state index contributed by atoms with van der Waals surface area (Å²) in [6.45, 7) is 3.25. The van der Waals surface area contributed by atoms with Gasteiger partial charge in [-0.25, -0.2) is 4.39 Å². The van der Waals surface area contributed by atoms with Crippen LogP contribution in [0.5, 0.6) is 5.75 Å². The molecule has 0 radical (unpaired) electrons. The van der Waals surface area contributed by atoms with E-state index in [2.05, 4.69) is 11.4 Å². The van der Waals surface area contributed by atoms with Crippen LogP contribution < -0.4 is 10.1 Å². The number of nitrogens with one attached hydrogen (secondary N) is 1. The molecule has 3 nitrogen and oxygen atoms in total. The topological polar surface area (TPSA) is 45.0 Å². The number of rotatable bonds is 6. The largest absolute Gasteiger partial charge is 0.491 e. The van der Waals surface area contributed by atoms with Gasteiger partial charge in [-0.1, -0.05) is 25.5 Å². The van der Waals surface area contributed by atoms with Gasteiger partial charge in [0.05, 0.1) is 12.7 Å². The highest BCUT2D eigenvalue weighted by Crippen LogP contribution is 2.37. The monoisotopic (exact) mass is 276 g/mol. The van der Waals surface area contributed by atoms with Crippen molar-refractivity contribution < 1.29 is 9.13 Å². The van der Waals surface area contributed by atoms with Gasteiger partial charge in [-0.2, -0.15) is 5.26 Å². The molecule has 1 fully saturated rings. The summed E-state index contributed by atoms with van der Waals surface area (Å²) in [6, 6.07) is 8.87. The fourth-order valence-corrected chi connectivity index (χ4v) is 3.08. The molecule has 0 aromatic heterocycles. The minimum absolute atomic E-state index is 0.277. The number of nitrogens with zero attached hydrogens (tertiary/aromatic N) is 1. The predicted molar refractivity (Wildman–Crippen MR) is 75.9 cm³/mol. The number of para-hydroxylation sites is 1. The van der Waals surface area contributed by atoms with Crippen LogP contribution in [0.15, 0.2) is 24.3 Å². The van der Waals surface area contributed by atoms with Gasteiger partial charge < -0.3 is 4.74 Å². The Morgan fingerprint density at radius 3 is 3.00 bits per heavy atom. The molecule has 2 atom stereocenters. The first-order valence-corrected chi connectivity index (χ1v) is 7.25. The first kappa shape index (κ1) is 14.8. The summed E-state index contributed by atoms with van der Waals surface area (Å²) in [4.78, 5) is 0. The van der Waals surface area contributed by atoms with Crippen LogP contribution in [-0.4, -0.2) is 18.7 Å². The molecular weight excluding hydrogens is 255 g/mol. The van der Waals surface area contributed by atoms with Crippen molar-refractivity contribution in [2.45, 2.75) is 38.1 Å². The average molecular weight is 276 g/mol. The molecule has 20 heavy (non-hydrogen) atoms. The van der Waals surface area contributed by atoms with Crippen LogP contribution in [-0.2, 0) is 0 Å². The molecule has 0 spiro atoms. The van der Waals surface area contributed by atoms with E-state index in [1.165, 1.54) is 6.07 Å². The minimum Gasteiger partial charge on any atom is -0.491 e. The summed E-state index contributed by atoms with van der Waals surface area (Å²) in [5.74, 6) is 0.230. The molecule has 0 saturated heterocycles. The third-order valence-corrected chi connectivity index (χ3v) is 4.07. The van der Waals surface area contributed by atoms with Crippen molar-refractivity contribution in [2.24, 2.45) is 5.92 Å². The second-order valence-electron chi connectivity index (χ2n) is 5.27. The van der Waals surface area contributed by atoms with Crippen molar-refractivity contribution in [3.8, 4) is 11.8 Å². The normalized spacial score (nSPS) is 25.4. The summed E-state index contributed by atoms with van der Waals surface area (Å²) in [5.41, 5.74) is -0.423. The van der Waals surface area contributed by atoms with Gasteiger partial charge in [0, 0.05) is 0 Å². The molecule has 0 amide bonds. The van der Waals surface area contributed by atoms with Gasteiger partial charge >= 0.3 is 0 Å². The highest BCUT2D eigenvalue weighted by molar-refractivity contribution is 5.23. The molecule has 0 bridgehead atoms. The number of hydrogen-bond acceptors (Lipinski definition) is 3. The Morgan fingerprint density at radius 1 is 1.50 bits per heavy atom. The quantitative estimate of drug-likeness (QED) is 0.867. The second-order valence-corrected chi connectivity index (χ2v) is 5.27. The lowest BCUT2D eigenvalue weighted by Gasteiger charge is -2.29. The number of benzene rings is 1. The third-order valence-electron chi connectivity index (χ3n) is 4.07. The van der Waals surface area contributed by atoms with E-state index >= 15 is 0 Å². The van der Waals surface area contributed by atoms with Crippen LogP contribution in [0.1, 0.15) is 32.6 Å². The Labute approximate surface area is 119 Å². The van der Waals surface area contributed by atoms with Crippen molar-refractivity contribution in [2.75, 3.05) is 13.2 Å². The van der Waals surface area contributed by atoms with Crippen molar-refractivity contribution in [3.63, 3.8) is 0 Å². The lowest BCUT2D eigenvalue weighted by Crippen LogP contribution is -2.47. The van der Waals surface area contributed by atoms with Crippen molar-refractivity contribution in [1.82, 2.24) is 5.32 Å². The smallest absolute Gasteiger partial charge is 0.165 e. The minimum atomic E-state index is -0.423. The third kappa shape index (κ3) is 3.10. The summed E-state index contributed by atoms with van der Waals surface area (Å²) in [6.07, 6.45) is 3.75. The number of hydrogen-bond donors (Lipinski definition) is 1. The van der Waals surface area contributed by atoms with Crippen molar-refractivity contribution in [1.29, 1.82) is 5.26 Å². The van der Waals surface area contributed by atoms with E-state index in [0.717, 1.165) is 32.2 Å². The highest BCUT2D eigenvalue weighted by Gasteiger charge is 2.42. The maximum atomic E-state index is 13.4. The molecule has 1 aliphatic rings. The van der Waals surface area contributed by atoms with E-state index in [1.54, 1.807) is 18.2 Å². The summed E-state index contributed by atoms with van der Waals surface area (Å²) < 4.78 is 18.9. The molecule has 0 aliphatic heterocycles. The van der Waals surface area contributed by atoms with Gasteiger partial charge in [0.2, 0.25) is 0 Å². The van der Waals surface area contributed by atoms with Crippen LogP contribution >= 0.6 is 0 Å². The lowest BCUT2D eigenvalue weighted by atomic mass is 9.86. The SMILES string of the molecule is CCNC1(C#N)CCCC1CCOc1ccccc1F. The Hall–Kier alpha value is -1.60. The fraction of sp³-hybridized carbons (Fsp3) is 0.562. The van der Waals surface area contributed by atoms with E-state index in [4.69, 9.17) is 4.74 Å². The summed E-state index contributed by atoms with van der Waals surface area (Å²) >= 11 is 0. The molecule has 4 heteroatoms. The highest BCUT2D eigenvalue weighted by atomic mass is 19.1. The first-order chi connectivity index (χ1) is 9.72. The zero-order valence-electron chi connectivity index (χ0n) is 11.9. The lowest BCUT2D eigenvalue weighted by molar-refractivity contribution is 0.229. The zero-order valence-corrected chi connectivity index (χ0v) is 11.9. The van der Waals surface area contributed by atoms with Gasteiger partial charge in [0.15, 0.2) is 11.6 Å². The van der Waals surface area contributed by atoms with E-state index < -0.39 is 5.54 Å². The van der Waals surface area contributed by atoms with E-state index in [-0.39, 0.29) is 17.5 Å². The molecule has 1 saturated carbocycles. The van der Waals surface area contributed by atoms with E-state index in [1.807, 2.05) is 6.92 Å². The Kier molecular flexibility index (Phi) is 4.97. The Balaban J connectivity index is 1.90. The summed E-state index contributed by atoms with van der Waals surface area (Å²) in [5, 5.41) is 12.8. The molecule has 2 rings (SSSR count). The van der Waals surface area contributed by atoms with Gasteiger partial charge in [0.1, 0.15) is 5.54 Å². The van der Waals surface area contributed by atoms with Crippen LogP contribution in [0, 0.1) is 23.1 Å². The standard InChI is InChI=1S/C16H21FN2O/c1-2-19-16(12-18)10-5-6-13(16)9-11-20-15-8-4-3-7-14(15)17/h3-4,7-8,13,19H,2,5-6,9-11H2,1H3. The second kappa shape index (κ2) is 6.71. The van der Waals surface area contributed by atoms with Crippen molar-refractivity contribution >= 4 is 0 Å². The molecule has 1 aromatic carbocycles. The molecule has 2 unspecified atom stereocenters. The molecular formula is C16H21FN2O. The van der Waals surface area contributed by atoms with Crippen molar-refractivity contribution in [3.05, 3.63) is 30.1 Å². The van der Waals surface area contributed by atoms with E-state index in [9.17, 15) is 9.65 Å². The van der Waals surface area contributed by atoms with Gasteiger partial charge in [-0.05, 0) is 43.9 Å². The number of ether oxygens (including phenoxy) is 1. The van der Waals surface area contributed by atoms with Crippen LogP contribution in [0.3, 0.4) is 0 Å². The molecule has 0 heterocycles. The predicted octanol–water partition coefficient (Wildman–Crippen LogP) is 3.27. The van der Waals surface area contributed by atoms with Crippen LogP contribution in [0.2, 0.25) is 0 Å². The van der Waals surface area contributed by atoms with Gasteiger partial charge in [-0.15, -0.1) is 0 Å². The van der Waals surface area contributed by atoms with Crippen LogP contribution in [0.25, 0.3) is 0 Å². The Morgan fingerprint density at radius 2 is 2.30 bits per heavy atom. The Bertz CT molecular complexity index is 486. The molecule has 1 N–H and O–H groups in total. The summed E-state index contributed by atoms with van der Waals surface area (Å²) in [7, 11) is 0. The maximum Gasteiger partial charge on any atom is 0.165 e. The van der Waals surface area contributed by atoms with Gasteiger partial charge in [0.25, 0.3) is 0 Å². The fourth-order valence-electron chi connectivity index (χ4n) is 3.08. The van der Waals surface area contributed by atoms with Gasteiger partial charge in [-0.3, -0.25) is 5.32 Å². The number of halogens is 1.